The number of nitrogens with zero attached hydrogens (tertiary/aromatic N) is 1. The first-order chi connectivity index (χ1) is 8.75. The highest BCUT2D eigenvalue weighted by molar-refractivity contribution is 6.02. The number of hydrogen-bond acceptors (Lipinski definition) is 3. The Morgan fingerprint density at radius 1 is 1.26 bits per heavy atom. The Morgan fingerprint density at radius 3 is 2.32 bits per heavy atom. The SMILES string of the molecule is CC(C)C(C)C(=O)N(C)c1ccc(N)cc1C(=O)O. The van der Waals surface area contributed by atoms with E-state index in [1.54, 1.807) is 19.2 Å². The van der Waals surface area contributed by atoms with Crippen molar-refractivity contribution in [3.05, 3.63) is 23.8 Å². The van der Waals surface area contributed by atoms with Gasteiger partial charge in [-0.05, 0) is 24.1 Å². The number of nitrogens with two attached hydrogens (primary N) is 1. The van der Waals surface area contributed by atoms with E-state index in [1.165, 1.54) is 11.0 Å². The molecule has 0 aromatic heterocycles. The molecule has 0 aliphatic rings. The van der Waals surface area contributed by atoms with Crippen molar-refractivity contribution in [3.63, 3.8) is 0 Å². The fraction of sp³-hybridized carbons (Fsp3) is 0.429. The Hall–Kier alpha value is -2.04. The minimum atomic E-state index is -1.10. The van der Waals surface area contributed by atoms with Crippen molar-refractivity contribution in [1.82, 2.24) is 0 Å². The van der Waals surface area contributed by atoms with E-state index in [0.717, 1.165) is 0 Å². The van der Waals surface area contributed by atoms with Gasteiger partial charge in [-0.25, -0.2) is 4.79 Å². The second-order valence-corrected chi connectivity index (χ2v) is 5.01. The Labute approximate surface area is 113 Å². The second kappa shape index (κ2) is 5.73. The number of nitrogen functional groups attached to an aromatic ring is 1. The van der Waals surface area contributed by atoms with E-state index in [9.17, 15) is 14.7 Å². The molecule has 1 unspecified atom stereocenters. The zero-order valence-electron chi connectivity index (χ0n) is 11.7. The largest absolute Gasteiger partial charge is 0.478 e. The van der Waals surface area contributed by atoms with Gasteiger partial charge in [-0.15, -0.1) is 0 Å². The van der Waals surface area contributed by atoms with Crippen LogP contribution in [0, 0.1) is 11.8 Å². The molecule has 0 heterocycles. The van der Waals surface area contributed by atoms with Crippen molar-refractivity contribution < 1.29 is 14.7 Å². The van der Waals surface area contributed by atoms with Crippen molar-refractivity contribution in [2.45, 2.75) is 20.8 Å². The Kier molecular flexibility index (Phi) is 4.53. The maximum atomic E-state index is 12.2. The predicted molar refractivity (Wildman–Crippen MR) is 75.2 cm³/mol. The number of carbonyl (C=O) groups is 2. The summed E-state index contributed by atoms with van der Waals surface area (Å²) in [6.07, 6.45) is 0. The van der Waals surface area contributed by atoms with Gasteiger partial charge in [-0.1, -0.05) is 20.8 Å². The van der Waals surface area contributed by atoms with Crippen molar-refractivity contribution >= 4 is 23.3 Å². The van der Waals surface area contributed by atoms with E-state index in [0.29, 0.717) is 11.4 Å². The molecule has 0 aliphatic heterocycles. The van der Waals surface area contributed by atoms with Gasteiger partial charge in [0.2, 0.25) is 5.91 Å². The van der Waals surface area contributed by atoms with Crippen LogP contribution >= 0.6 is 0 Å². The molecule has 0 saturated carbocycles. The minimum absolute atomic E-state index is 0.0341. The number of anilines is 2. The summed E-state index contributed by atoms with van der Waals surface area (Å²) in [5, 5.41) is 9.18. The highest BCUT2D eigenvalue weighted by atomic mass is 16.4. The zero-order valence-corrected chi connectivity index (χ0v) is 11.7. The summed E-state index contributed by atoms with van der Waals surface area (Å²) in [7, 11) is 1.58. The lowest BCUT2D eigenvalue weighted by molar-refractivity contribution is -0.122. The van der Waals surface area contributed by atoms with Crippen LogP contribution in [0.2, 0.25) is 0 Å². The van der Waals surface area contributed by atoms with Gasteiger partial charge in [0, 0.05) is 18.7 Å². The summed E-state index contributed by atoms with van der Waals surface area (Å²) in [6, 6.07) is 4.51. The highest BCUT2D eigenvalue weighted by Crippen LogP contribution is 2.25. The van der Waals surface area contributed by atoms with Gasteiger partial charge < -0.3 is 15.7 Å². The van der Waals surface area contributed by atoms with Gasteiger partial charge in [0.25, 0.3) is 0 Å². The zero-order chi connectivity index (χ0) is 14.7. The summed E-state index contributed by atoms with van der Waals surface area (Å²) in [5.41, 5.74) is 6.34. The quantitative estimate of drug-likeness (QED) is 0.817. The van der Waals surface area contributed by atoms with Gasteiger partial charge in [0.1, 0.15) is 0 Å². The number of rotatable bonds is 4. The minimum Gasteiger partial charge on any atom is -0.478 e. The fourth-order valence-corrected chi connectivity index (χ4v) is 1.73. The Morgan fingerprint density at radius 2 is 1.84 bits per heavy atom. The third-order valence-corrected chi connectivity index (χ3v) is 3.33. The van der Waals surface area contributed by atoms with Gasteiger partial charge >= 0.3 is 5.97 Å². The van der Waals surface area contributed by atoms with Crippen LogP contribution in [-0.4, -0.2) is 24.0 Å². The van der Waals surface area contributed by atoms with Crippen LogP contribution < -0.4 is 10.6 Å². The van der Waals surface area contributed by atoms with E-state index in [1.807, 2.05) is 20.8 Å². The lowest BCUT2D eigenvalue weighted by Crippen LogP contribution is -2.34. The summed E-state index contributed by atoms with van der Waals surface area (Å²) >= 11 is 0. The van der Waals surface area contributed by atoms with E-state index >= 15 is 0 Å². The van der Waals surface area contributed by atoms with E-state index in [-0.39, 0.29) is 23.3 Å². The second-order valence-electron chi connectivity index (χ2n) is 5.01. The lowest BCUT2D eigenvalue weighted by Gasteiger charge is -2.25. The highest BCUT2D eigenvalue weighted by Gasteiger charge is 2.24. The Bertz CT molecular complexity index is 497. The molecule has 1 atom stereocenters. The molecule has 19 heavy (non-hydrogen) atoms. The molecule has 1 rings (SSSR count). The topological polar surface area (TPSA) is 83.6 Å². The van der Waals surface area contributed by atoms with Crippen molar-refractivity contribution in [1.29, 1.82) is 0 Å². The summed E-state index contributed by atoms with van der Waals surface area (Å²) in [5.74, 6) is -1.19. The van der Waals surface area contributed by atoms with Crippen LogP contribution in [0.15, 0.2) is 18.2 Å². The number of hydrogen-bond donors (Lipinski definition) is 2. The molecular weight excluding hydrogens is 244 g/mol. The normalized spacial score (nSPS) is 12.3. The number of carbonyl (C=O) groups excluding carboxylic acids is 1. The fourth-order valence-electron chi connectivity index (χ4n) is 1.73. The number of amides is 1. The van der Waals surface area contributed by atoms with E-state index < -0.39 is 5.97 Å². The van der Waals surface area contributed by atoms with Crippen LogP contribution in [0.3, 0.4) is 0 Å². The average Bonchev–Trinajstić information content (AvgIpc) is 2.35. The van der Waals surface area contributed by atoms with Crippen LogP contribution in [0.1, 0.15) is 31.1 Å². The number of aromatic carboxylic acids is 1. The third kappa shape index (κ3) is 3.24. The summed E-state index contributed by atoms with van der Waals surface area (Å²) in [4.78, 5) is 24.8. The monoisotopic (exact) mass is 264 g/mol. The molecule has 0 saturated heterocycles. The Balaban J connectivity index is 3.16. The molecule has 0 bridgehead atoms. The van der Waals surface area contributed by atoms with Gasteiger partial charge in [0.05, 0.1) is 11.3 Å². The lowest BCUT2D eigenvalue weighted by atomic mass is 9.96. The molecule has 0 fully saturated rings. The van der Waals surface area contributed by atoms with Crippen LogP contribution in [0.5, 0.6) is 0 Å². The standard InChI is InChI=1S/C14H20N2O3/c1-8(2)9(3)13(17)16(4)12-6-5-10(15)7-11(12)14(18)19/h5-9H,15H2,1-4H3,(H,18,19). The number of carboxylic acid groups (broad SMARTS) is 1. The van der Waals surface area contributed by atoms with Gasteiger partial charge in [-0.3, -0.25) is 4.79 Å². The molecule has 1 aromatic carbocycles. The first-order valence-electron chi connectivity index (χ1n) is 6.16. The molecule has 1 amide bonds. The molecule has 0 spiro atoms. The number of carboxylic acids is 1. The number of benzene rings is 1. The molecule has 0 aliphatic carbocycles. The van der Waals surface area contributed by atoms with Crippen LogP contribution in [0.25, 0.3) is 0 Å². The van der Waals surface area contributed by atoms with Crippen LogP contribution in [0.4, 0.5) is 11.4 Å². The van der Waals surface area contributed by atoms with E-state index in [4.69, 9.17) is 5.73 Å². The van der Waals surface area contributed by atoms with Crippen molar-refractivity contribution in [2.24, 2.45) is 11.8 Å². The van der Waals surface area contributed by atoms with Crippen molar-refractivity contribution in [3.8, 4) is 0 Å². The molecule has 3 N–H and O–H groups in total. The molecule has 5 nitrogen and oxygen atoms in total. The molecule has 1 aromatic rings. The molecule has 0 radical (unpaired) electrons. The smallest absolute Gasteiger partial charge is 0.337 e. The van der Waals surface area contributed by atoms with Crippen molar-refractivity contribution in [2.75, 3.05) is 17.7 Å². The van der Waals surface area contributed by atoms with Crippen LogP contribution in [-0.2, 0) is 4.79 Å². The summed E-state index contributed by atoms with van der Waals surface area (Å²) < 4.78 is 0. The van der Waals surface area contributed by atoms with Gasteiger partial charge in [-0.2, -0.15) is 0 Å². The molecule has 5 heteroatoms. The summed E-state index contributed by atoms with van der Waals surface area (Å²) in [6.45, 7) is 5.75. The predicted octanol–water partition coefficient (Wildman–Crippen LogP) is 2.22. The molecule has 104 valence electrons. The maximum Gasteiger partial charge on any atom is 0.337 e. The van der Waals surface area contributed by atoms with E-state index in [2.05, 4.69) is 0 Å². The molecular formula is C14H20N2O3. The average molecular weight is 264 g/mol. The first-order valence-corrected chi connectivity index (χ1v) is 6.16. The van der Waals surface area contributed by atoms with Gasteiger partial charge in [0.15, 0.2) is 0 Å². The maximum absolute atomic E-state index is 12.2. The third-order valence-electron chi connectivity index (χ3n) is 3.33. The first kappa shape index (κ1) is 15.0.